The number of carbonyl (C=O) groups excluding carboxylic acids is 1. The number of fused-ring (bicyclic) bond motifs is 1. The van der Waals surface area contributed by atoms with Crippen LogP contribution in [0.4, 0.5) is 10.1 Å². The second-order valence-electron chi connectivity index (χ2n) is 9.85. The van der Waals surface area contributed by atoms with E-state index in [9.17, 15) is 13.2 Å². The van der Waals surface area contributed by atoms with Crippen LogP contribution in [-0.4, -0.2) is 31.1 Å². The van der Waals surface area contributed by atoms with Gasteiger partial charge in [0.2, 0.25) is 5.91 Å². The van der Waals surface area contributed by atoms with Gasteiger partial charge in [0.15, 0.2) is 9.84 Å². The average Bonchev–Trinajstić information content (AvgIpc) is 2.83. The summed E-state index contributed by atoms with van der Waals surface area (Å²) in [7, 11) is -4.02. The van der Waals surface area contributed by atoms with E-state index in [1.807, 2.05) is 33.8 Å². The van der Waals surface area contributed by atoms with E-state index >= 15 is 4.39 Å². The van der Waals surface area contributed by atoms with E-state index in [2.05, 4.69) is 4.98 Å². The Morgan fingerprint density at radius 2 is 1.83 bits per heavy atom. The highest BCUT2D eigenvalue weighted by atomic mass is 35.5. The molecule has 3 aromatic rings. The average molecular weight is 516 g/mol. The Kier molecular flexibility index (Phi) is 6.51. The maximum absolute atomic E-state index is 15.4. The maximum Gasteiger partial charge on any atom is 0.245 e. The van der Waals surface area contributed by atoms with Crippen LogP contribution in [0.25, 0.3) is 11.1 Å². The van der Waals surface area contributed by atoms with Gasteiger partial charge in [-0.3, -0.25) is 9.78 Å². The number of anilines is 1. The van der Waals surface area contributed by atoms with Gasteiger partial charge in [-0.05, 0) is 53.8 Å². The molecule has 1 aromatic heterocycles. The van der Waals surface area contributed by atoms with Crippen LogP contribution in [0.2, 0.25) is 5.02 Å². The molecule has 2 aromatic carbocycles. The van der Waals surface area contributed by atoms with Crippen molar-refractivity contribution in [3.05, 3.63) is 76.3 Å². The van der Waals surface area contributed by atoms with E-state index in [0.29, 0.717) is 10.6 Å². The summed E-state index contributed by atoms with van der Waals surface area (Å²) >= 11 is 5.99. The lowest BCUT2D eigenvalue weighted by Crippen LogP contribution is -2.45. The Morgan fingerprint density at radius 1 is 1.17 bits per heavy atom. The molecule has 2 N–H and O–H groups in total. The molecule has 4 rings (SSSR count). The first-order valence-electron chi connectivity index (χ1n) is 11.1. The van der Waals surface area contributed by atoms with Crippen LogP contribution in [0.1, 0.15) is 37.6 Å². The van der Waals surface area contributed by atoms with Crippen LogP contribution in [0, 0.1) is 12.7 Å². The van der Waals surface area contributed by atoms with Crippen molar-refractivity contribution in [1.82, 2.24) is 4.98 Å². The second-order valence-corrected chi connectivity index (χ2v) is 12.3. The summed E-state index contributed by atoms with van der Waals surface area (Å²) in [5.41, 5.74) is 8.96. The zero-order valence-corrected chi connectivity index (χ0v) is 21.5. The molecule has 1 atom stereocenters. The summed E-state index contributed by atoms with van der Waals surface area (Å²) in [6.07, 6.45) is 1.55. The molecule has 0 saturated heterocycles. The van der Waals surface area contributed by atoms with Crippen molar-refractivity contribution in [2.45, 2.75) is 50.6 Å². The van der Waals surface area contributed by atoms with Crippen LogP contribution in [-0.2, 0) is 26.6 Å². The third-order valence-electron chi connectivity index (χ3n) is 6.12. The molecule has 1 amide bonds. The number of amides is 1. The number of nitrogens with two attached hydrogens (primary N) is 1. The number of halogens is 2. The predicted octanol–water partition coefficient (Wildman–Crippen LogP) is 4.79. The highest BCUT2D eigenvalue weighted by molar-refractivity contribution is 7.91. The van der Waals surface area contributed by atoms with Gasteiger partial charge in [0.25, 0.3) is 0 Å². The molecule has 0 unspecified atom stereocenters. The number of hydrogen-bond donors (Lipinski definition) is 1. The lowest BCUT2D eigenvalue weighted by molar-refractivity contribution is -0.119. The zero-order chi connectivity index (χ0) is 25.7. The quantitative estimate of drug-likeness (QED) is 0.541. The SMILES string of the molecule is Cc1ncc(-c2cc3c(cc2F)S(=O)(=O)C[C@H](N)C(=O)N3Cc2ccc(Cl)cc2)cc1C(C)(C)C. The summed E-state index contributed by atoms with van der Waals surface area (Å²) in [6.45, 7) is 8.05. The van der Waals surface area contributed by atoms with Gasteiger partial charge in [-0.25, -0.2) is 12.8 Å². The first-order valence-corrected chi connectivity index (χ1v) is 13.2. The van der Waals surface area contributed by atoms with Crippen LogP contribution in [0.15, 0.2) is 53.6 Å². The van der Waals surface area contributed by atoms with Crippen LogP contribution >= 0.6 is 11.6 Å². The standard InChI is InChI=1S/C26H27ClFN3O3S/c1-15-20(26(2,3)4)9-17(12-30-15)19-10-23-24(11-21(19)28)35(33,34)14-22(29)25(32)31(23)13-16-5-7-18(27)8-6-16/h5-12,22H,13-14,29H2,1-4H3/t22-/m0/s1. The zero-order valence-electron chi connectivity index (χ0n) is 20.0. The van der Waals surface area contributed by atoms with E-state index in [1.54, 1.807) is 30.5 Å². The first kappa shape index (κ1) is 25.3. The third kappa shape index (κ3) is 4.96. The number of rotatable bonds is 3. The smallest absolute Gasteiger partial charge is 0.245 e. The molecular weight excluding hydrogens is 489 g/mol. The van der Waals surface area contributed by atoms with Gasteiger partial charge in [-0.1, -0.05) is 44.5 Å². The van der Waals surface area contributed by atoms with E-state index < -0.39 is 33.4 Å². The fraction of sp³-hybridized carbons (Fsp3) is 0.308. The Hall–Kier alpha value is -2.81. The highest BCUT2D eigenvalue weighted by Gasteiger charge is 2.37. The number of carbonyl (C=O) groups is 1. The van der Waals surface area contributed by atoms with E-state index in [4.69, 9.17) is 17.3 Å². The summed E-state index contributed by atoms with van der Waals surface area (Å²) in [6, 6.07) is 9.81. The molecule has 0 aliphatic carbocycles. The molecule has 0 radical (unpaired) electrons. The normalized spacial score (nSPS) is 17.7. The van der Waals surface area contributed by atoms with Gasteiger partial charge in [-0.15, -0.1) is 0 Å². The minimum atomic E-state index is -4.02. The molecule has 0 saturated carbocycles. The molecule has 1 aliphatic rings. The van der Waals surface area contributed by atoms with Gasteiger partial charge in [0.05, 0.1) is 28.9 Å². The van der Waals surface area contributed by atoms with Crippen LogP contribution in [0.3, 0.4) is 0 Å². The third-order valence-corrected chi connectivity index (χ3v) is 8.16. The molecule has 35 heavy (non-hydrogen) atoms. The first-order chi connectivity index (χ1) is 16.3. The van der Waals surface area contributed by atoms with Gasteiger partial charge in [0, 0.05) is 28.0 Å². The molecule has 184 valence electrons. The molecule has 9 heteroatoms. The van der Waals surface area contributed by atoms with Crippen molar-refractivity contribution < 1.29 is 17.6 Å². The number of aryl methyl sites for hydroxylation is 1. The van der Waals surface area contributed by atoms with Crippen LogP contribution < -0.4 is 10.6 Å². The minimum absolute atomic E-state index is 0.0523. The Bertz CT molecular complexity index is 1420. The number of hydrogen-bond acceptors (Lipinski definition) is 5. The number of nitrogens with zero attached hydrogens (tertiary/aromatic N) is 2. The maximum atomic E-state index is 15.4. The van der Waals surface area contributed by atoms with Crippen molar-refractivity contribution in [2.24, 2.45) is 5.73 Å². The number of sulfone groups is 1. The fourth-order valence-electron chi connectivity index (χ4n) is 4.32. The summed E-state index contributed by atoms with van der Waals surface area (Å²) in [4.78, 5) is 18.7. The Labute approximate surface area is 209 Å². The minimum Gasteiger partial charge on any atom is -0.319 e. The number of pyridine rings is 1. The van der Waals surface area contributed by atoms with Crippen molar-refractivity contribution >= 4 is 33.0 Å². The van der Waals surface area contributed by atoms with E-state index in [-0.39, 0.29) is 28.1 Å². The summed E-state index contributed by atoms with van der Waals surface area (Å²) in [5.74, 6) is -1.88. The largest absolute Gasteiger partial charge is 0.319 e. The molecule has 6 nitrogen and oxygen atoms in total. The molecule has 0 bridgehead atoms. The summed E-state index contributed by atoms with van der Waals surface area (Å²) in [5, 5.41) is 0.529. The number of benzene rings is 2. The van der Waals surface area contributed by atoms with Crippen LogP contribution in [0.5, 0.6) is 0 Å². The van der Waals surface area contributed by atoms with Gasteiger partial charge >= 0.3 is 0 Å². The van der Waals surface area contributed by atoms with Crippen molar-refractivity contribution in [1.29, 1.82) is 0 Å². The lowest BCUT2D eigenvalue weighted by atomic mass is 9.84. The van der Waals surface area contributed by atoms with Gasteiger partial charge in [-0.2, -0.15) is 0 Å². The van der Waals surface area contributed by atoms with E-state index in [1.165, 1.54) is 11.0 Å². The summed E-state index contributed by atoms with van der Waals surface area (Å²) < 4.78 is 41.6. The van der Waals surface area contributed by atoms with Crippen molar-refractivity contribution in [2.75, 3.05) is 10.7 Å². The highest BCUT2D eigenvalue weighted by Crippen LogP contribution is 2.38. The van der Waals surface area contributed by atoms with Crippen molar-refractivity contribution in [3.63, 3.8) is 0 Å². The Morgan fingerprint density at radius 3 is 2.46 bits per heavy atom. The monoisotopic (exact) mass is 515 g/mol. The van der Waals surface area contributed by atoms with Crippen molar-refractivity contribution in [3.8, 4) is 11.1 Å². The fourth-order valence-corrected chi connectivity index (χ4v) is 6.01. The molecule has 0 fully saturated rings. The Balaban J connectivity index is 1.93. The second kappa shape index (κ2) is 9.00. The topological polar surface area (TPSA) is 93.4 Å². The van der Waals surface area contributed by atoms with Gasteiger partial charge in [0.1, 0.15) is 5.82 Å². The lowest BCUT2D eigenvalue weighted by Gasteiger charge is -2.25. The number of aromatic nitrogens is 1. The molecule has 1 aliphatic heterocycles. The van der Waals surface area contributed by atoms with Gasteiger partial charge < -0.3 is 10.6 Å². The molecule has 0 spiro atoms. The molecule has 2 heterocycles. The molecular formula is C26H27ClFN3O3S. The predicted molar refractivity (Wildman–Crippen MR) is 136 cm³/mol. The van der Waals surface area contributed by atoms with E-state index in [0.717, 1.165) is 22.9 Å².